The van der Waals surface area contributed by atoms with Gasteiger partial charge in [0.2, 0.25) is 0 Å². The lowest BCUT2D eigenvalue weighted by Crippen LogP contribution is -2.39. The first-order valence-electron chi connectivity index (χ1n) is 4.86. The predicted molar refractivity (Wildman–Crippen MR) is 70.3 cm³/mol. The van der Waals surface area contributed by atoms with Gasteiger partial charge in [-0.05, 0) is 24.3 Å². The van der Waals surface area contributed by atoms with Crippen molar-refractivity contribution in [2.24, 2.45) is 10.7 Å². The Morgan fingerprint density at radius 1 is 1.47 bits per heavy atom. The van der Waals surface area contributed by atoms with Crippen LogP contribution in [0.15, 0.2) is 41.9 Å². The predicted octanol–water partition coefficient (Wildman–Crippen LogP) is 1.96. The zero-order chi connectivity index (χ0) is 12.7. The van der Waals surface area contributed by atoms with Crippen LogP contribution in [0.2, 0.25) is 5.02 Å². The Hall–Kier alpha value is -2.01. The number of halogens is 1. The third-order valence-corrected chi connectivity index (χ3v) is 1.99. The lowest BCUT2D eigenvalue weighted by atomic mass is 10.3. The van der Waals surface area contributed by atoms with Crippen molar-refractivity contribution in [1.82, 2.24) is 5.32 Å². The Balaban J connectivity index is 2.49. The van der Waals surface area contributed by atoms with E-state index in [0.29, 0.717) is 17.3 Å². The molecule has 0 bridgehead atoms. The molecule has 1 aromatic carbocycles. The topological polar surface area (TPSA) is 79.5 Å². The van der Waals surface area contributed by atoms with Crippen LogP contribution in [0.3, 0.4) is 0 Å². The van der Waals surface area contributed by atoms with E-state index in [-0.39, 0.29) is 5.96 Å². The van der Waals surface area contributed by atoms with Gasteiger partial charge in [0.05, 0.1) is 6.54 Å². The summed E-state index contributed by atoms with van der Waals surface area (Å²) in [5.74, 6) is 0.0383. The second-order valence-electron chi connectivity index (χ2n) is 3.10. The van der Waals surface area contributed by atoms with E-state index < -0.39 is 6.03 Å². The van der Waals surface area contributed by atoms with E-state index >= 15 is 0 Å². The number of hydrogen-bond donors (Lipinski definition) is 3. The molecule has 0 radical (unpaired) electrons. The standard InChI is InChI=1S/C11H13ClN4O/c1-2-7-14-10(13)16-11(17)15-9-5-3-8(12)4-6-9/h2-6H,1,7H2,(H4,13,14,15,16,17). The van der Waals surface area contributed by atoms with E-state index in [1.807, 2.05) is 0 Å². The molecule has 6 heteroatoms. The number of rotatable bonds is 3. The summed E-state index contributed by atoms with van der Waals surface area (Å²) in [6.07, 6.45) is 1.58. The van der Waals surface area contributed by atoms with Gasteiger partial charge < -0.3 is 11.1 Å². The highest BCUT2D eigenvalue weighted by molar-refractivity contribution is 6.30. The smallest absolute Gasteiger partial charge is 0.325 e. The number of carbonyl (C=O) groups excluding carboxylic acids is 1. The van der Waals surface area contributed by atoms with Gasteiger partial charge in [0, 0.05) is 10.7 Å². The SMILES string of the molecule is C=CCN=C(N)NC(=O)Nc1ccc(Cl)cc1. The van der Waals surface area contributed by atoms with E-state index in [4.69, 9.17) is 17.3 Å². The molecule has 0 aliphatic rings. The Morgan fingerprint density at radius 3 is 2.71 bits per heavy atom. The van der Waals surface area contributed by atoms with Crippen molar-refractivity contribution < 1.29 is 4.79 Å². The molecule has 0 saturated carbocycles. The van der Waals surface area contributed by atoms with Crippen LogP contribution in [-0.4, -0.2) is 18.5 Å². The summed E-state index contributed by atoms with van der Waals surface area (Å²) < 4.78 is 0. The van der Waals surface area contributed by atoms with Crippen molar-refractivity contribution in [2.75, 3.05) is 11.9 Å². The molecule has 0 spiro atoms. The molecule has 0 aliphatic heterocycles. The molecule has 5 nitrogen and oxygen atoms in total. The fourth-order valence-corrected chi connectivity index (χ4v) is 1.14. The van der Waals surface area contributed by atoms with E-state index in [2.05, 4.69) is 22.2 Å². The minimum Gasteiger partial charge on any atom is -0.370 e. The molecule has 0 aliphatic carbocycles. The van der Waals surface area contributed by atoms with Gasteiger partial charge in [0.1, 0.15) is 0 Å². The fourth-order valence-electron chi connectivity index (χ4n) is 1.01. The number of nitrogens with one attached hydrogen (secondary N) is 2. The van der Waals surface area contributed by atoms with E-state index in [1.165, 1.54) is 0 Å². The van der Waals surface area contributed by atoms with Gasteiger partial charge in [-0.25, -0.2) is 9.79 Å². The molecule has 2 amide bonds. The highest BCUT2D eigenvalue weighted by Crippen LogP contribution is 2.12. The highest BCUT2D eigenvalue weighted by Gasteiger charge is 2.02. The number of aliphatic imine (C=N–C) groups is 1. The summed E-state index contributed by atoms with van der Waals surface area (Å²) in [6.45, 7) is 3.84. The molecule has 0 atom stereocenters. The van der Waals surface area contributed by atoms with Crippen LogP contribution < -0.4 is 16.4 Å². The van der Waals surface area contributed by atoms with Gasteiger partial charge in [0.15, 0.2) is 5.96 Å². The zero-order valence-corrected chi connectivity index (χ0v) is 9.87. The van der Waals surface area contributed by atoms with Gasteiger partial charge in [-0.1, -0.05) is 17.7 Å². The van der Waals surface area contributed by atoms with Gasteiger partial charge in [0.25, 0.3) is 0 Å². The average Bonchev–Trinajstić information content (AvgIpc) is 2.29. The molecule has 0 fully saturated rings. The van der Waals surface area contributed by atoms with Crippen molar-refractivity contribution in [3.63, 3.8) is 0 Å². The molecule has 4 N–H and O–H groups in total. The molecule has 0 saturated heterocycles. The fraction of sp³-hybridized carbons (Fsp3) is 0.0909. The monoisotopic (exact) mass is 252 g/mol. The number of anilines is 1. The molecule has 0 aromatic heterocycles. The molecule has 90 valence electrons. The lowest BCUT2D eigenvalue weighted by Gasteiger charge is -2.06. The number of nitrogens with zero attached hydrogens (tertiary/aromatic N) is 1. The second kappa shape index (κ2) is 6.55. The number of nitrogens with two attached hydrogens (primary N) is 1. The summed E-state index contributed by atoms with van der Waals surface area (Å²) in [4.78, 5) is 15.3. The maximum atomic E-state index is 11.4. The maximum Gasteiger partial charge on any atom is 0.325 e. The van der Waals surface area contributed by atoms with Crippen molar-refractivity contribution >= 4 is 29.3 Å². The Bertz CT molecular complexity index is 428. The van der Waals surface area contributed by atoms with Crippen LogP contribution in [0.25, 0.3) is 0 Å². The summed E-state index contributed by atoms with van der Waals surface area (Å²) >= 11 is 5.71. The quantitative estimate of drug-likeness (QED) is 0.437. The molecule has 0 heterocycles. The first kappa shape index (κ1) is 13.1. The molecule has 1 aromatic rings. The van der Waals surface area contributed by atoms with Crippen LogP contribution in [-0.2, 0) is 0 Å². The van der Waals surface area contributed by atoms with Gasteiger partial charge in [-0.3, -0.25) is 5.32 Å². The van der Waals surface area contributed by atoms with Gasteiger partial charge in [-0.2, -0.15) is 0 Å². The van der Waals surface area contributed by atoms with Crippen LogP contribution in [0.5, 0.6) is 0 Å². The Kier molecular flexibility index (Phi) is 5.03. The zero-order valence-electron chi connectivity index (χ0n) is 9.11. The van der Waals surface area contributed by atoms with E-state index in [0.717, 1.165) is 0 Å². The maximum absolute atomic E-state index is 11.4. The summed E-state index contributed by atoms with van der Waals surface area (Å²) in [7, 11) is 0. The van der Waals surface area contributed by atoms with E-state index in [1.54, 1.807) is 30.3 Å². The van der Waals surface area contributed by atoms with Crippen molar-refractivity contribution in [3.05, 3.63) is 41.9 Å². The van der Waals surface area contributed by atoms with Crippen molar-refractivity contribution in [3.8, 4) is 0 Å². The summed E-state index contributed by atoms with van der Waals surface area (Å²) in [6, 6.07) is 6.24. The molecule has 17 heavy (non-hydrogen) atoms. The number of hydrogen-bond acceptors (Lipinski definition) is 2. The van der Waals surface area contributed by atoms with Crippen LogP contribution in [0.4, 0.5) is 10.5 Å². The molecule has 0 unspecified atom stereocenters. The molecular weight excluding hydrogens is 240 g/mol. The normalized spacial score (nSPS) is 10.8. The number of urea groups is 1. The Labute approximate surface area is 104 Å². The average molecular weight is 253 g/mol. The highest BCUT2D eigenvalue weighted by atomic mass is 35.5. The minimum absolute atomic E-state index is 0.0383. The van der Waals surface area contributed by atoms with Crippen molar-refractivity contribution in [2.45, 2.75) is 0 Å². The third-order valence-electron chi connectivity index (χ3n) is 1.73. The number of amides is 2. The van der Waals surface area contributed by atoms with Crippen LogP contribution in [0, 0.1) is 0 Å². The number of guanidine groups is 1. The largest absolute Gasteiger partial charge is 0.370 e. The first-order chi connectivity index (χ1) is 8.11. The molecule has 1 rings (SSSR count). The van der Waals surface area contributed by atoms with Crippen LogP contribution in [0.1, 0.15) is 0 Å². The third kappa shape index (κ3) is 5.03. The number of benzene rings is 1. The summed E-state index contributed by atoms with van der Waals surface area (Å²) in [5, 5.41) is 5.56. The van der Waals surface area contributed by atoms with Crippen LogP contribution >= 0.6 is 11.6 Å². The van der Waals surface area contributed by atoms with Gasteiger partial charge in [-0.15, -0.1) is 6.58 Å². The molecular formula is C11H13ClN4O. The first-order valence-corrected chi connectivity index (χ1v) is 5.24. The number of carbonyl (C=O) groups is 1. The second-order valence-corrected chi connectivity index (χ2v) is 3.54. The van der Waals surface area contributed by atoms with Crippen molar-refractivity contribution in [1.29, 1.82) is 0 Å². The summed E-state index contributed by atoms with van der Waals surface area (Å²) in [5.41, 5.74) is 6.06. The lowest BCUT2D eigenvalue weighted by molar-refractivity contribution is 0.256. The Morgan fingerprint density at radius 2 is 2.12 bits per heavy atom. The van der Waals surface area contributed by atoms with E-state index in [9.17, 15) is 4.79 Å². The van der Waals surface area contributed by atoms with Gasteiger partial charge >= 0.3 is 6.03 Å². The minimum atomic E-state index is -0.461.